The maximum absolute atomic E-state index is 13.0. The highest BCUT2D eigenvalue weighted by Gasteiger charge is 2.54. The Hall–Kier alpha value is -2.60. The van der Waals surface area contributed by atoms with E-state index in [-0.39, 0.29) is 19.3 Å². The summed E-state index contributed by atoms with van der Waals surface area (Å²) in [5.41, 5.74) is 0. The van der Waals surface area contributed by atoms with Crippen molar-refractivity contribution >= 4 is 27.6 Å². The summed E-state index contributed by atoms with van der Waals surface area (Å²) in [5, 5.41) is 51.2. The third kappa shape index (κ3) is 34.7. The number of carbonyl (C=O) groups excluding carboxylic acids is 2. The molecule has 0 aliphatic heterocycles. The Bertz CT molecular complexity index is 1640. The third-order valence-corrected chi connectivity index (χ3v) is 12.9. The summed E-state index contributed by atoms with van der Waals surface area (Å²) >= 11 is 0. The smallest absolute Gasteiger partial charge is 0.462 e. The SMILES string of the molecule is CC/C=C\CC(O)/C=C/C=C/C/C=C\C/C=C\C/C=C\CCC(=O)O[C@H](COC(=O)CCCCCCCCCCCCCCCCCCC)COP(=O)(O)O[C@H]1C(O)C(O)C(O)[C@@H](OP(=O)(O)O)C1O. The minimum absolute atomic E-state index is 0.0974. The molecular weight excluding hydrogens is 946 g/mol. The van der Waals surface area contributed by atoms with E-state index in [0.29, 0.717) is 19.3 Å². The molecule has 17 nitrogen and oxygen atoms in total. The lowest BCUT2D eigenvalue weighted by atomic mass is 9.85. The Morgan fingerprint density at radius 3 is 1.57 bits per heavy atom. The second-order valence-corrected chi connectivity index (χ2v) is 20.3. The summed E-state index contributed by atoms with van der Waals surface area (Å²) in [6.07, 6.45) is 31.9. The summed E-state index contributed by atoms with van der Waals surface area (Å²) in [7, 11) is -10.7. The summed E-state index contributed by atoms with van der Waals surface area (Å²) in [6, 6.07) is 0. The van der Waals surface area contributed by atoms with Crippen LogP contribution in [0.4, 0.5) is 0 Å². The topological polar surface area (TPSA) is 276 Å². The number of carbonyl (C=O) groups is 2. The zero-order valence-corrected chi connectivity index (χ0v) is 43.6. The highest BCUT2D eigenvalue weighted by Crippen LogP contribution is 2.49. The number of esters is 2. The summed E-state index contributed by atoms with van der Waals surface area (Å²) in [5.74, 6) is -1.32. The summed E-state index contributed by atoms with van der Waals surface area (Å²) < 4.78 is 49.4. The predicted molar refractivity (Wildman–Crippen MR) is 270 cm³/mol. The normalized spacial score (nSPS) is 22.0. The zero-order valence-electron chi connectivity index (χ0n) is 41.8. The van der Waals surface area contributed by atoms with E-state index >= 15 is 0 Å². The molecule has 404 valence electrons. The van der Waals surface area contributed by atoms with E-state index in [1.807, 2.05) is 67.7 Å². The monoisotopic (exact) mass is 1030 g/mol. The highest BCUT2D eigenvalue weighted by molar-refractivity contribution is 7.47. The quantitative estimate of drug-likeness (QED) is 0.00929. The van der Waals surface area contributed by atoms with Crippen LogP contribution in [0.15, 0.2) is 72.9 Å². The number of aliphatic hydroxyl groups is 5. The molecule has 1 saturated carbocycles. The number of hydrogen-bond donors (Lipinski definition) is 8. The van der Waals surface area contributed by atoms with Crippen molar-refractivity contribution in [1.82, 2.24) is 0 Å². The lowest BCUT2D eigenvalue weighted by molar-refractivity contribution is -0.216. The molecule has 0 spiro atoms. The largest absolute Gasteiger partial charge is 0.472 e. The van der Waals surface area contributed by atoms with Gasteiger partial charge in [0, 0.05) is 12.8 Å². The maximum Gasteiger partial charge on any atom is 0.472 e. The van der Waals surface area contributed by atoms with Crippen LogP contribution in [0.5, 0.6) is 0 Å². The molecular formula is C51H88O17P2. The minimum atomic E-state index is -5.38. The standard InChI is InChI=1S/C51H88O17P2/c1-3-5-7-8-9-10-11-12-13-14-15-18-21-24-27-30-34-38-44(53)64-40-43(41-65-70(62,63)68-51-48(57)46(55)47(56)50(49(51)58)67-69(59,60)61)66-45(54)39-35-31-28-25-22-19-16-17-20-23-26-29-33-37-42(52)36-32-6-4-2/h6,17,19-20,22,26,28-29,31-33,37,42-43,46-52,55-58H,3-5,7-16,18,21,23-25,27,30,34-36,38-41H2,1-2H3,(H,62,63)(H2,59,60,61)/b20-17-,22-19-,29-26+,31-28-,32-6-,37-33+/t42?,43-,46?,47?,48?,49?,50-,51+/m1/s1. The summed E-state index contributed by atoms with van der Waals surface area (Å²) in [6.45, 7) is 2.86. The van der Waals surface area contributed by atoms with Gasteiger partial charge in [-0.05, 0) is 44.9 Å². The molecule has 0 saturated heterocycles. The molecule has 19 heteroatoms. The number of aliphatic hydroxyl groups excluding tert-OH is 5. The first-order valence-corrected chi connectivity index (χ1v) is 28.6. The Morgan fingerprint density at radius 1 is 0.543 bits per heavy atom. The Kier molecular flexibility index (Phi) is 38.2. The number of allylic oxidation sites excluding steroid dienone is 10. The van der Waals surface area contributed by atoms with Crippen molar-refractivity contribution in [2.24, 2.45) is 0 Å². The van der Waals surface area contributed by atoms with Gasteiger partial charge in [0.2, 0.25) is 0 Å². The van der Waals surface area contributed by atoms with Crippen LogP contribution in [0.1, 0.15) is 174 Å². The van der Waals surface area contributed by atoms with Gasteiger partial charge in [0.05, 0.1) is 12.7 Å². The number of unbranched alkanes of at least 4 members (excludes halogenated alkanes) is 16. The number of hydrogen-bond acceptors (Lipinski definition) is 14. The van der Waals surface area contributed by atoms with Crippen LogP contribution >= 0.6 is 15.6 Å². The maximum atomic E-state index is 13.0. The van der Waals surface area contributed by atoms with Crippen molar-refractivity contribution < 1.29 is 82.0 Å². The second-order valence-electron chi connectivity index (χ2n) is 17.7. The molecule has 0 aromatic carbocycles. The lowest BCUT2D eigenvalue weighted by Crippen LogP contribution is -2.64. The number of phosphoric ester groups is 2. The number of ether oxygens (including phenoxy) is 2. The molecule has 0 aromatic rings. The van der Waals surface area contributed by atoms with Crippen LogP contribution in [0.25, 0.3) is 0 Å². The molecule has 1 aliphatic carbocycles. The van der Waals surface area contributed by atoms with Crippen molar-refractivity contribution in [3.8, 4) is 0 Å². The van der Waals surface area contributed by atoms with Gasteiger partial charge in [-0.3, -0.25) is 23.2 Å². The van der Waals surface area contributed by atoms with Gasteiger partial charge < -0.3 is 49.7 Å². The van der Waals surface area contributed by atoms with Gasteiger partial charge in [0.15, 0.2) is 6.10 Å². The number of phosphoric acid groups is 2. The van der Waals surface area contributed by atoms with E-state index in [2.05, 4.69) is 11.4 Å². The van der Waals surface area contributed by atoms with E-state index in [1.54, 1.807) is 12.2 Å². The molecule has 70 heavy (non-hydrogen) atoms. The van der Waals surface area contributed by atoms with Gasteiger partial charge >= 0.3 is 27.6 Å². The van der Waals surface area contributed by atoms with Crippen LogP contribution in [0.3, 0.4) is 0 Å². The van der Waals surface area contributed by atoms with Gasteiger partial charge in [-0.2, -0.15) is 0 Å². The molecule has 1 fully saturated rings. The first-order chi connectivity index (χ1) is 33.5. The van der Waals surface area contributed by atoms with Crippen LogP contribution in [-0.2, 0) is 41.8 Å². The molecule has 6 unspecified atom stereocenters. The summed E-state index contributed by atoms with van der Waals surface area (Å²) in [4.78, 5) is 54.4. The molecule has 0 bridgehead atoms. The van der Waals surface area contributed by atoms with Crippen LogP contribution < -0.4 is 0 Å². The Labute approximate surface area is 417 Å². The van der Waals surface area contributed by atoms with Crippen molar-refractivity contribution in [3.63, 3.8) is 0 Å². The first kappa shape index (κ1) is 65.4. The molecule has 0 aromatic heterocycles. The zero-order chi connectivity index (χ0) is 51.9. The van der Waals surface area contributed by atoms with Crippen molar-refractivity contribution in [2.45, 2.75) is 223 Å². The van der Waals surface area contributed by atoms with Crippen LogP contribution in [-0.4, -0.2) is 114 Å². The van der Waals surface area contributed by atoms with Crippen molar-refractivity contribution in [3.05, 3.63) is 72.9 Å². The van der Waals surface area contributed by atoms with E-state index in [0.717, 1.165) is 44.9 Å². The second kappa shape index (κ2) is 40.8. The van der Waals surface area contributed by atoms with Gasteiger partial charge in [-0.1, -0.05) is 189 Å². The van der Waals surface area contributed by atoms with E-state index < -0.39 is 89.6 Å². The fraction of sp³-hybridized carbons (Fsp3) is 0.725. The van der Waals surface area contributed by atoms with E-state index in [4.69, 9.17) is 18.5 Å². The van der Waals surface area contributed by atoms with E-state index in [1.165, 1.54) is 77.0 Å². The van der Waals surface area contributed by atoms with Gasteiger partial charge in [-0.25, -0.2) is 9.13 Å². The molecule has 0 amide bonds. The van der Waals surface area contributed by atoms with Crippen LogP contribution in [0, 0.1) is 0 Å². The average molecular weight is 1040 g/mol. The van der Waals surface area contributed by atoms with Crippen LogP contribution in [0.2, 0.25) is 0 Å². The number of rotatable bonds is 42. The molecule has 8 N–H and O–H groups in total. The van der Waals surface area contributed by atoms with Gasteiger partial charge in [-0.15, -0.1) is 0 Å². The molecule has 0 radical (unpaired) electrons. The fourth-order valence-electron chi connectivity index (χ4n) is 7.43. The Morgan fingerprint density at radius 2 is 1.04 bits per heavy atom. The average Bonchev–Trinajstić information content (AvgIpc) is 3.31. The molecule has 0 heterocycles. The van der Waals surface area contributed by atoms with Gasteiger partial charge in [0.1, 0.15) is 43.2 Å². The lowest BCUT2D eigenvalue weighted by Gasteiger charge is -2.43. The molecule has 9 atom stereocenters. The third-order valence-electron chi connectivity index (χ3n) is 11.4. The fourth-order valence-corrected chi connectivity index (χ4v) is 8.97. The van der Waals surface area contributed by atoms with Crippen molar-refractivity contribution in [1.29, 1.82) is 0 Å². The van der Waals surface area contributed by atoms with Crippen molar-refractivity contribution in [2.75, 3.05) is 13.2 Å². The minimum Gasteiger partial charge on any atom is -0.462 e. The van der Waals surface area contributed by atoms with Gasteiger partial charge in [0.25, 0.3) is 0 Å². The Balaban J connectivity index is 2.62. The predicted octanol–water partition coefficient (Wildman–Crippen LogP) is 9.37. The molecule has 1 aliphatic rings. The van der Waals surface area contributed by atoms with E-state index in [9.17, 15) is 58.9 Å². The molecule has 1 rings (SSSR count). The first-order valence-electron chi connectivity index (χ1n) is 25.6. The highest BCUT2D eigenvalue weighted by atomic mass is 31.2.